The second-order valence-electron chi connectivity index (χ2n) is 18.8. The van der Waals surface area contributed by atoms with Crippen molar-refractivity contribution in [3.05, 3.63) is 83.9 Å². The highest BCUT2D eigenvalue weighted by atomic mass is 16.4. The summed E-state index contributed by atoms with van der Waals surface area (Å²) in [5.41, 5.74) is 10.4. The molecule has 0 N–H and O–H groups in total. The first kappa shape index (κ1) is 38.2. The zero-order valence-corrected chi connectivity index (χ0v) is 36.7. The van der Waals surface area contributed by atoms with Crippen molar-refractivity contribution < 1.29 is 17.7 Å². The first-order valence-corrected chi connectivity index (χ1v) is 24.5. The molecule has 4 heteroatoms. The lowest BCUT2D eigenvalue weighted by Crippen LogP contribution is -1.98. The largest absolute Gasteiger partial charge is 0.455 e. The first-order chi connectivity index (χ1) is 30.8. The zero-order chi connectivity index (χ0) is 41.3. The van der Waals surface area contributed by atoms with Crippen molar-refractivity contribution in [2.75, 3.05) is 0 Å². The molecule has 0 saturated heterocycles. The minimum atomic E-state index is 0.916. The lowest BCUT2D eigenvalue weighted by atomic mass is 9.87. The molecule has 8 aromatic carbocycles. The number of fused-ring (bicyclic) bond motifs is 9. The summed E-state index contributed by atoms with van der Waals surface area (Å²) in [5.74, 6) is 0. The van der Waals surface area contributed by atoms with Gasteiger partial charge in [-0.05, 0) is 25.7 Å². The lowest BCUT2D eigenvalue weighted by Gasteiger charge is -2.13. The number of furan rings is 4. The molecule has 0 unspecified atom stereocenters. The van der Waals surface area contributed by atoms with Crippen LogP contribution in [0, 0.1) is 0 Å². The zero-order valence-electron chi connectivity index (χ0n) is 36.7. The van der Waals surface area contributed by atoms with E-state index in [-0.39, 0.29) is 0 Å². The van der Waals surface area contributed by atoms with Crippen LogP contribution in [0.1, 0.15) is 141 Å². The smallest absolute Gasteiger partial charge is 0.144 e. The average Bonchev–Trinajstić information content (AvgIpc) is 4.09. The minimum absolute atomic E-state index is 0.916. The van der Waals surface area contributed by atoms with Gasteiger partial charge in [0.05, 0.1) is 0 Å². The number of rotatable bonds is 20. The van der Waals surface area contributed by atoms with Crippen molar-refractivity contribution in [1.82, 2.24) is 0 Å². The summed E-state index contributed by atoms with van der Waals surface area (Å²) in [5, 5.41) is 15.8. The molecule has 0 spiro atoms. The van der Waals surface area contributed by atoms with Gasteiger partial charge in [-0.1, -0.05) is 189 Å². The van der Waals surface area contributed by atoms with Gasteiger partial charge < -0.3 is 17.7 Å². The van der Waals surface area contributed by atoms with E-state index in [0.717, 1.165) is 135 Å². The van der Waals surface area contributed by atoms with Crippen LogP contribution in [0.25, 0.3) is 120 Å². The van der Waals surface area contributed by atoms with Crippen LogP contribution < -0.4 is 0 Å². The van der Waals surface area contributed by atoms with E-state index in [1.807, 2.05) is 0 Å². The molecular formula is C58H58O4. The van der Waals surface area contributed by atoms with Crippen molar-refractivity contribution in [3.8, 4) is 0 Å². The molecule has 4 nitrogen and oxygen atoms in total. The Morgan fingerprint density at radius 2 is 0.468 bits per heavy atom. The number of unbranched alkanes of at least 4 members (excludes halogenated alkanes) is 16. The second-order valence-corrected chi connectivity index (χ2v) is 18.8. The SMILES string of the molecule is CCCCCCCCCCCc1c(CCCCCCCCCCC)c2oc3c4ccccc4c4oc5c6ccccc6c6oc7c8ccccc8c8oc1c1c2c3c4c5c6c7c81. The molecular weight excluding hydrogens is 761 g/mol. The molecule has 0 aliphatic rings. The van der Waals surface area contributed by atoms with Gasteiger partial charge in [-0.3, -0.25) is 0 Å². The van der Waals surface area contributed by atoms with Crippen LogP contribution in [0.3, 0.4) is 0 Å². The van der Waals surface area contributed by atoms with E-state index in [1.165, 1.54) is 125 Å². The molecule has 0 bridgehead atoms. The number of hydrogen-bond donors (Lipinski definition) is 0. The Bertz CT molecular complexity index is 3280. The van der Waals surface area contributed by atoms with Crippen molar-refractivity contribution >= 4 is 120 Å². The minimum Gasteiger partial charge on any atom is -0.455 e. The summed E-state index contributed by atoms with van der Waals surface area (Å²) >= 11 is 0. The standard InChI is InChI=1S/C58H58O4/c1-3-5-7-9-11-13-15-17-19-27-35-36(28-20-18-16-14-12-10-8-6-4-2)52-44-43-45-47-49-50-48-46(44)54(60-52)38-30-22-24-32-40(38)56(48)62-58(50)42-34-26-25-33-41(42)57(49)61-55(47)39-31-23-21-29-37(39)53(45)59-51(35)43/h21-26,29-34H,3-20,27-28H2,1-2H3. The van der Waals surface area contributed by atoms with E-state index in [4.69, 9.17) is 17.7 Å². The molecule has 0 saturated carbocycles. The topological polar surface area (TPSA) is 52.6 Å². The predicted molar refractivity (Wildman–Crippen MR) is 263 cm³/mol. The third-order valence-electron chi connectivity index (χ3n) is 14.9. The van der Waals surface area contributed by atoms with Crippen molar-refractivity contribution in [1.29, 1.82) is 0 Å². The highest BCUT2D eigenvalue weighted by molar-refractivity contribution is 6.50. The van der Waals surface area contributed by atoms with Crippen LogP contribution in [0.15, 0.2) is 90.5 Å². The Kier molecular flexibility index (Phi) is 9.68. The van der Waals surface area contributed by atoms with Gasteiger partial charge >= 0.3 is 0 Å². The Labute approximate surface area is 362 Å². The Balaban J connectivity index is 1.13. The maximum Gasteiger partial charge on any atom is 0.144 e. The van der Waals surface area contributed by atoms with Crippen LogP contribution in [-0.2, 0) is 12.8 Å². The quantitative estimate of drug-likeness (QED) is 0.0719. The van der Waals surface area contributed by atoms with Gasteiger partial charge in [0.25, 0.3) is 0 Å². The van der Waals surface area contributed by atoms with E-state index < -0.39 is 0 Å². The average molecular weight is 819 g/mol. The molecule has 12 aromatic rings. The molecule has 0 aliphatic carbocycles. The molecule has 314 valence electrons. The normalized spacial score (nSPS) is 13.0. The molecule has 12 rings (SSSR count). The molecule has 0 atom stereocenters. The van der Waals surface area contributed by atoms with Gasteiger partial charge in [0.15, 0.2) is 0 Å². The summed E-state index contributed by atoms with van der Waals surface area (Å²) in [6.45, 7) is 4.61. The Morgan fingerprint density at radius 3 is 0.726 bits per heavy atom. The van der Waals surface area contributed by atoms with Crippen molar-refractivity contribution in [3.63, 3.8) is 0 Å². The highest BCUT2D eigenvalue weighted by Crippen LogP contribution is 2.58. The molecule has 4 heterocycles. The summed E-state index contributed by atoms with van der Waals surface area (Å²) in [6.07, 6.45) is 25.5. The van der Waals surface area contributed by atoms with Gasteiger partial charge in [0, 0.05) is 86.5 Å². The van der Waals surface area contributed by atoms with E-state index >= 15 is 0 Å². The maximum atomic E-state index is 7.54. The van der Waals surface area contributed by atoms with Gasteiger partial charge in [0.1, 0.15) is 44.7 Å². The van der Waals surface area contributed by atoms with Gasteiger partial charge in [-0.15, -0.1) is 0 Å². The number of hydrogen-bond acceptors (Lipinski definition) is 4. The lowest BCUT2D eigenvalue weighted by molar-refractivity contribution is 0.559. The monoisotopic (exact) mass is 818 g/mol. The summed E-state index contributed by atoms with van der Waals surface area (Å²) < 4.78 is 29.6. The third-order valence-corrected chi connectivity index (χ3v) is 14.9. The van der Waals surface area contributed by atoms with Crippen LogP contribution in [0.5, 0.6) is 0 Å². The first-order valence-electron chi connectivity index (χ1n) is 24.5. The predicted octanol–water partition coefficient (Wildman–Crippen LogP) is 19.2. The van der Waals surface area contributed by atoms with Crippen molar-refractivity contribution in [2.24, 2.45) is 0 Å². The van der Waals surface area contributed by atoms with Crippen LogP contribution in [-0.4, -0.2) is 0 Å². The summed E-state index contributed by atoms with van der Waals surface area (Å²) in [7, 11) is 0. The van der Waals surface area contributed by atoms with Crippen molar-refractivity contribution in [2.45, 2.75) is 142 Å². The molecule has 0 radical (unpaired) electrons. The maximum absolute atomic E-state index is 7.54. The van der Waals surface area contributed by atoms with E-state index in [0.29, 0.717) is 0 Å². The second kappa shape index (κ2) is 15.7. The number of benzene rings is 7. The Hall–Kier alpha value is -5.48. The fraction of sp³-hybridized carbons (Fsp3) is 0.379. The van der Waals surface area contributed by atoms with Gasteiger partial charge in [0.2, 0.25) is 0 Å². The fourth-order valence-corrected chi connectivity index (χ4v) is 11.9. The molecule has 62 heavy (non-hydrogen) atoms. The van der Waals surface area contributed by atoms with E-state index in [9.17, 15) is 0 Å². The van der Waals surface area contributed by atoms with Gasteiger partial charge in [-0.2, -0.15) is 0 Å². The summed E-state index contributed by atoms with van der Waals surface area (Å²) in [4.78, 5) is 0. The molecule has 0 aliphatic heterocycles. The van der Waals surface area contributed by atoms with E-state index in [1.54, 1.807) is 0 Å². The molecule has 0 amide bonds. The molecule has 4 aromatic heterocycles. The fourth-order valence-electron chi connectivity index (χ4n) is 11.9. The van der Waals surface area contributed by atoms with Gasteiger partial charge in [-0.25, -0.2) is 0 Å². The highest BCUT2D eigenvalue weighted by Gasteiger charge is 2.34. The van der Waals surface area contributed by atoms with E-state index in [2.05, 4.69) is 86.6 Å². The Morgan fingerprint density at radius 1 is 0.258 bits per heavy atom. The van der Waals surface area contributed by atoms with Crippen LogP contribution in [0.4, 0.5) is 0 Å². The molecule has 0 fully saturated rings. The number of aryl methyl sites for hydroxylation is 2. The van der Waals surface area contributed by atoms with Crippen LogP contribution in [0.2, 0.25) is 0 Å². The van der Waals surface area contributed by atoms with Crippen LogP contribution >= 0.6 is 0 Å². The summed E-state index contributed by atoms with van der Waals surface area (Å²) in [6, 6.07) is 26.1. The third kappa shape index (κ3) is 5.70.